The molecule has 0 saturated carbocycles. The summed E-state index contributed by atoms with van der Waals surface area (Å²) < 4.78 is 1.94. The van der Waals surface area contributed by atoms with Gasteiger partial charge in [-0.1, -0.05) is 23.4 Å². The van der Waals surface area contributed by atoms with Crippen LogP contribution in [0.25, 0.3) is 5.65 Å². The van der Waals surface area contributed by atoms with Crippen LogP contribution in [0.15, 0.2) is 53.8 Å². The summed E-state index contributed by atoms with van der Waals surface area (Å²) in [7, 11) is 0. The Balaban J connectivity index is 1.90. The molecule has 23 heavy (non-hydrogen) atoms. The molecule has 0 unspecified atom stereocenters. The number of carbonyl (C=O) groups excluding carboxylic acids is 1. The van der Waals surface area contributed by atoms with Gasteiger partial charge in [0.1, 0.15) is 11.4 Å². The molecule has 116 valence electrons. The summed E-state index contributed by atoms with van der Waals surface area (Å²) in [5, 5.41) is 3.98. The van der Waals surface area contributed by atoms with Crippen LogP contribution < -0.4 is 0 Å². The van der Waals surface area contributed by atoms with Gasteiger partial charge in [-0.2, -0.15) is 0 Å². The molecule has 0 spiro atoms. The second-order valence-electron chi connectivity index (χ2n) is 5.40. The maximum Gasteiger partial charge on any atom is 0.365 e. The summed E-state index contributed by atoms with van der Waals surface area (Å²) in [4.78, 5) is 21.5. The molecule has 5 nitrogen and oxygen atoms in total. The predicted molar refractivity (Wildman–Crippen MR) is 88.7 cm³/mol. The monoisotopic (exact) mass is 307 g/mol. The number of pyridine rings is 1. The first-order valence-electron chi connectivity index (χ1n) is 7.33. The van der Waals surface area contributed by atoms with Crippen molar-refractivity contribution in [2.75, 3.05) is 0 Å². The van der Waals surface area contributed by atoms with Crippen molar-refractivity contribution in [3.63, 3.8) is 0 Å². The molecule has 0 aliphatic carbocycles. The number of aromatic nitrogens is 2. The van der Waals surface area contributed by atoms with Crippen molar-refractivity contribution in [2.45, 2.75) is 20.8 Å². The summed E-state index contributed by atoms with van der Waals surface area (Å²) >= 11 is 0. The van der Waals surface area contributed by atoms with E-state index in [0.29, 0.717) is 11.3 Å². The molecular formula is C18H17N3O2. The van der Waals surface area contributed by atoms with Crippen LogP contribution in [0, 0.1) is 13.8 Å². The Hall–Kier alpha value is -2.95. The van der Waals surface area contributed by atoms with E-state index in [0.717, 1.165) is 22.6 Å². The molecule has 0 radical (unpaired) electrons. The highest BCUT2D eigenvalue weighted by molar-refractivity contribution is 5.99. The number of benzene rings is 1. The highest BCUT2D eigenvalue weighted by atomic mass is 16.7. The average molecular weight is 307 g/mol. The van der Waals surface area contributed by atoms with Gasteiger partial charge in [0.2, 0.25) is 0 Å². The van der Waals surface area contributed by atoms with E-state index in [4.69, 9.17) is 4.84 Å². The molecule has 1 aromatic carbocycles. The summed E-state index contributed by atoms with van der Waals surface area (Å²) in [5.41, 5.74) is 4.73. The van der Waals surface area contributed by atoms with Crippen LogP contribution in [-0.2, 0) is 4.84 Å². The van der Waals surface area contributed by atoms with Gasteiger partial charge in [0.15, 0.2) is 0 Å². The van der Waals surface area contributed by atoms with E-state index in [1.54, 1.807) is 31.2 Å². The third-order valence-electron chi connectivity index (χ3n) is 3.57. The van der Waals surface area contributed by atoms with Crippen molar-refractivity contribution in [2.24, 2.45) is 5.16 Å². The number of hydrogen-bond donors (Lipinski definition) is 0. The average Bonchev–Trinajstić information content (AvgIpc) is 2.88. The standard InChI is InChI=1S/C18H17N3O2/c1-12-9-10-21-16(11-12)19-13(2)17(21)14(3)20-23-18(22)15-7-5-4-6-8-15/h4-11H,1-3H3. The third kappa shape index (κ3) is 2.99. The lowest BCUT2D eigenvalue weighted by atomic mass is 10.2. The minimum atomic E-state index is -0.479. The molecule has 0 bridgehead atoms. The lowest BCUT2D eigenvalue weighted by Gasteiger charge is -2.03. The molecule has 2 aromatic heterocycles. The molecule has 5 heteroatoms. The first-order chi connectivity index (χ1) is 11.1. The number of carbonyl (C=O) groups is 1. The van der Waals surface area contributed by atoms with Gasteiger partial charge in [0, 0.05) is 6.20 Å². The van der Waals surface area contributed by atoms with E-state index >= 15 is 0 Å². The van der Waals surface area contributed by atoms with E-state index in [9.17, 15) is 4.79 Å². The molecule has 3 aromatic rings. The first-order valence-corrected chi connectivity index (χ1v) is 7.33. The van der Waals surface area contributed by atoms with Gasteiger partial charge in [-0.25, -0.2) is 9.78 Å². The number of hydrogen-bond acceptors (Lipinski definition) is 4. The minimum Gasteiger partial charge on any atom is -0.312 e. The topological polar surface area (TPSA) is 56.0 Å². The van der Waals surface area contributed by atoms with Gasteiger partial charge in [-0.15, -0.1) is 0 Å². The maximum absolute atomic E-state index is 12.0. The van der Waals surface area contributed by atoms with Gasteiger partial charge < -0.3 is 4.84 Å². The van der Waals surface area contributed by atoms with E-state index in [1.807, 2.05) is 42.6 Å². The zero-order valence-corrected chi connectivity index (χ0v) is 13.3. The van der Waals surface area contributed by atoms with Gasteiger partial charge in [0.25, 0.3) is 0 Å². The number of fused-ring (bicyclic) bond motifs is 1. The Morgan fingerprint density at radius 2 is 1.91 bits per heavy atom. The van der Waals surface area contributed by atoms with Crippen LogP contribution in [0.1, 0.15) is 34.2 Å². The lowest BCUT2D eigenvalue weighted by Crippen LogP contribution is -2.06. The molecule has 0 amide bonds. The van der Waals surface area contributed by atoms with Crippen LogP contribution in [0.5, 0.6) is 0 Å². The summed E-state index contributed by atoms with van der Waals surface area (Å²) in [5.74, 6) is -0.479. The number of rotatable bonds is 3. The fraction of sp³-hybridized carbons (Fsp3) is 0.167. The normalized spacial score (nSPS) is 11.7. The van der Waals surface area contributed by atoms with Crippen LogP contribution in [0.3, 0.4) is 0 Å². The Morgan fingerprint density at radius 3 is 2.65 bits per heavy atom. The van der Waals surface area contributed by atoms with Crippen molar-refractivity contribution in [1.82, 2.24) is 9.38 Å². The maximum atomic E-state index is 12.0. The van der Waals surface area contributed by atoms with Gasteiger partial charge in [0.05, 0.1) is 17.0 Å². The molecule has 0 atom stereocenters. The molecule has 0 aliphatic rings. The van der Waals surface area contributed by atoms with Crippen molar-refractivity contribution in [3.05, 3.63) is 71.2 Å². The molecule has 2 heterocycles. The fourth-order valence-corrected chi connectivity index (χ4v) is 2.48. The quantitative estimate of drug-likeness (QED) is 0.422. The molecule has 0 saturated heterocycles. The Kier molecular flexibility index (Phi) is 3.93. The molecule has 0 N–H and O–H groups in total. The Bertz CT molecular complexity index is 895. The largest absolute Gasteiger partial charge is 0.365 e. The van der Waals surface area contributed by atoms with Crippen molar-refractivity contribution in [1.29, 1.82) is 0 Å². The molecular weight excluding hydrogens is 290 g/mol. The van der Waals surface area contributed by atoms with E-state index in [-0.39, 0.29) is 0 Å². The van der Waals surface area contributed by atoms with Crippen LogP contribution in [0.4, 0.5) is 0 Å². The van der Waals surface area contributed by atoms with Crippen LogP contribution >= 0.6 is 0 Å². The van der Waals surface area contributed by atoms with Crippen molar-refractivity contribution in [3.8, 4) is 0 Å². The fourth-order valence-electron chi connectivity index (χ4n) is 2.48. The summed E-state index contributed by atoms with van der Waals surface area (Å²) in [6, 6.07) is 12.8. The SMILES string of the molecule is CC(=NOC(=O)c1ccccc1)c1c(C)nc2cc(C)ccn12. The predicted octanol–water partition coefficient (Wildman–Crippen LogP) is 3.53. The van der Waals surface area contributed by atoms with Crippen LogP contribution in [-0.4, -0.2) is 21.1 Å². The van der Waals surface area contributed by atoms with Gasteiger partial charge >= 0.3 is 5.97 Å². The van der Waals surface area contributed by atoms with Crippen molar-refractivity contribution >= 4 is 17.3 Å². The Morgan fingerprint density at radius 1 is 1.17 bits per heavy atom. The summed E-state index contributed by atoms with van der Waals surface area (Å²) in [6.45, 7) is 5.73. The second kappa shape index (κ2) is 6.04. The summed E-state index contributed by atoms with van der Waals surface area (Å²) in [6.07, 6.45) is 1.94. The molecule has 3 rings (SSSR count). The second-order valence-corrected chi connectivity index (χ2v) is 5.40. The van der Waals surface area contributed by atoms with E-state index in [2.05, 4.69) is 10.1 Å². The van der Waals surface area contributed by atoms with Gasteiger partial charge in [-0.05, 0) is 50.6 Å². The number of imidazole rings is 1. The van der Waals surface area contributed by atoms with E-state index < -0.39 is 5.97 Å². The first kappa shape index (κ1) is 15.0. The number of nitrogens with zero attached hydrogens (tertiary/aromatic N) is 3. The number of aryl methyl sites for hydroxylation is 2. The zero-order chi connectivity index (χ0) is 16.4. The van der Waals surface area contributed by atoms with E-state index in [1.165, 1.54) is 0 Å². The third-order valence-corrected chi connectivity index (χ3v) is 3.57. The van der Waals surface area contributed by atoms with Gasteiger partial charge in [-0.3, -0.25) is 4.40 Å². The van der Waals surface area contributed by atoms with Crippen LogP contribution in [0.2, 0.25) is 0 Å². The smallest absolute Gasteiger partial charge is 0.312 e. The number of oxime groups is 1. The van der Waals surface area contributed by atoms with Crippen molar-refractivity contribution < 1.29 is 9.63 Å². The highest BCUT2D eigenvalue weighted by Gasteiger charge is 2.13. The Labute approximate surface area is 134 Å². The lowest BCUT2D eigenvalue weighted by molar-refractivity contribution is 0.0516. The molecule has 0 aliphatic heterocycles. The highest BCUT2D eigenvalue weighted by Crippen LogP contribution is 2.15. The molecule has 0 fully saturated rings. The zero-order valence-electron chi connectivity index (χ0n) is 13.3. The minimum absolute atomic E-state index is 0.467.